The number of hydrogen-bond donors (Lipinski definition) is 3. The van der Waals surface area contributed by atoms with Gasteiger partial charge in [-0.05, 0) is 38.1 Å². The number of aliphatic hydroxyl groups is 1. The minimum atomic E-state index is -0.903. The summed E-state index contributed by atoms with van der Waals surface area (Å²) in [5.41, 5.74) is -0.903. The number of fused-ring (bicyclic) bond motifs is 1. The second-order valence-electron chi connectivity index (χ2n) is 6.20. The quantitative estimate of drug-likeness (QED) is 0.648. The predicted octanol–water partition coefficient (Wildman–Crippen LogP) is 0.278. The van der Waals surface area contributed by atoms with Crippen LogP contribution >= 0.6 is 0 Å². The lowest BCUT2D eigenvalue weighted by Crippen LogP contribution is -2.49. The molecule has 3 N–H and O–H groups in total. The molecule has 0 aromatic heterocycles. The zero-order chi connectivity index (χ0) is 13.9. The van der Waals surface area contributed by atoms with Gasteiger partial charge in [0.1, 0.15) is 0 Å². The zero-order valence-electron chi connectivity index (χ0n) is 11.9. The molecule has 2 aliphatic rings. The Labute approximate surface area is 115 Å². The minimum Gasteiger partial charge on any atom is -0.388 e. The molecule has 0 aromatic rings. The van der Waals surface area contributed by atoms with Crippen molar-refractivity contribution in [2.45, 2.75) is 44.2 Å². The molecule has 1 amide bonds. The Morgan fingerprint density at radius 2 is 2.32 bits per heavy atom. The summed E-state index contributed by atoms with van der Waals surface area (Å²) in [4.78, 5) is 12.2. The Balaban J connectivity index is 1.78. The van der Waals surface area contributed by atoms with Gasteiger partial charge in [-0.15, -0.1) is 0 Å². The van der Waals surface area contributed by atoms with Gasteiger partial charge >= 0.3 is 0 Å². The van der Waals surface area contributed by atoms with Crippen LogP contribution in [0, 0.1) is 11.8 Å². The number of nitrogens with one attached hydrogen (secondary N) is 2. The molecule has 0 bridgehead atoms. The molecule has 0 spiro atoms. The van der Waals surface area contributed by atoms with E-state index in [2.05, 4.69) is 10.6 Å². The van der Waals surface area contributed by atoms with Gasteiger partial charge in [-0.25, -0.2) is 0 Å². The lowest BCUT2D eigenvalue weighted by Gasteiger charge is -2.25. The molecule has 1 aliphatic carbocycles. The fourth-order valence-corrected chi connectivity index (χ4v) is 3.27. The number of amides is 1. The van der Waals surface area contributed by atoms with Crippen LogP contribution in [0.15, 0.2) is 0 Å². The van der Waals surface area contributed by atoms with Gasteiger partial charge in [0.25, 0.3) is 0 Å². The maximum absolute atomic E-state index is 12.2. The molecule has 1 saturated heterocycles. The molecule has 19 heavy (non-hydrogen) atoms. The average Bonchev–Trinajstić information content (AvgIpc) is 2.96. The number of rotatable bonds is 6. The summed E-state index contributed by atoms with van der Waals surface area (Å²) in [6, 6.07) is -0.0641. The van der Waals surface area contributed by atoms with Gasteiger partial charge in [-0.2, -0.15) is 0 Å². The highest BCUT2D eigenvalue weighted by Crippen LogP contribution is 2.37. The Kier molecular flexibility index (Phi) is 4.81. The molecular formula is C14H26N2O3. The summed E-state index contributed by atoms with van der Waals surface area (Å²) in [5, 5.41) is 16.3. The summed E-state index contributed by atoms with van der Waals surface area (Å²) < 4.78 is 4.96. The van der Waals surface area contributed by atoms with E-state index in [0.717, 1.165) is 13.0 Å². The monoisotopic (exact) mass is 270 g/mol. The number of carbonyl (C=O) groups excluding carboxylic acids is 1. The Bertz CT molecular complexity index is 320. The van der Waals surface area contributed by atoms with Crippen LogP contribution in [0.3, 0.4) is 0 Å². The van der Waals surface area contributed by atoms with Gasteiger partial charge in [0.2, 0.25) is 5.91 Å². The zero-order valence-corrected chi connectivity index (χ0v) is 11.9. The van der Waals surface area contributed by atoms with Crippen molar-refractivity contribution in [1.29, 1.82) is 0 Å². The standard InChI is InChI=1S/C14H26N2O3/c1-14(18,6-7-19-2)9-16-13(17)12-11-5-3-4-10(11)8-15-12/h10-12,15,18H,3-9H2,1-2H3,(H,16,17). The SMILES string of the molecule is COCCC(C)(O)CNC(=O)C1NCC2CCCC21. The Hall–Kier alpha value is -0.650. The van der Waals surface area contributed by atoms with E-state index in [1.165, 1.54) is 12.8 Å². The molecule has 1 saturated carbocycles. The van der Waals surface area contributed by atoms with Gasteiger partial charge in [0.05, 0.1) is 11.6 Å². The normalized spacial score (nSPS) is 32.9. The summed E-state index contributed by atoms with van der Waals surface area (Å²) in [6.45, 7) is 3.47. The largest absolute Gasteiger partial charge is 0.388 e. The van der Waals surface area contributed by atoms with Gasteiger partial charge in [-0.1, -0.05) is 6.42 Å². The van der Waals surface area contributed by atoms with Crippen LogP contribution in [0.2, 0.25) is 0 Å². The lowest BCUT2D eigenvalue weighted by atomic mass is 9.93. The first-order valence-electron chi connectivity index (χ1n) is 7.26. The van der Waals surface area contributed by atoms with Crippen molar-refractivity contribution in [3.05, 3.63) is 0 Å². The number of hydrogen-bond acceptors (Lipinski definition) is 4. The molecule has 0 radical (unpaired) electrons. The molecule has 2 rings (SSSR count). The molecule has 110 valence electrons. The highest BCUT2D eigenvalue weighted by Gasteiger charge is 2.42. The smallest absolute Gasteiger partial charge is 0.237 e. The van der Waals surface area contributed by atoms with Crippen LogP contribution in [0.1, 0.15) is 32.6 Å². The second-order valence-corrected chi connectivity index (χ2v) is 6.20. The van der Waals surface area contributed by atoms with Crippen LogP contribution in [0.25, 0.3) is 0 Å². The third-order valence-electron chi connectivity index (χ3n) is 4.52. The van der Waals surface area contributed by atoms with Crippen LogP contribution < -0.4 is 10.6 Å². The maximum Gasteiger partial charge on any atom is 0.237 e. The van der Waals surface area contributed by atoms with Crippen molar-refractivity contribution in [3.8, 4) is 0 Å². The molecule has 4 unspecified atom stereocenters. The molecule has 4 atom stereocenters. The second kappa shape index (κ2) is 6.20. The van der Waals surface area contributed by atoms with Crippen LogP contribution in [0.4, 0.5) is 0 Å². The maximum atomic E-state index is 12.2. The molecular weight excluding hydrogens is 244 g/mol. The van der Waals surface area contributed by atoms with Crippen molar-refractivity contribution in [3.63, 3.8) is 0 Å². The first-order valence-corrected chi connectivity index (χ1v) is 7.26. The van der Waals surface area contributed by atoms with Crippen LogP contribution in [-0.2, 0) is 9.53 Å². The summed E-state index contributed by atoms with van der Waals surface area (Å²) in [7, 11) is 1.61. The minimum absolute atomic E-state index is 0.0343. The highest BCUT2D eigenvalue weighted by atomic mass is 16.5. The Morgan fingerprint density at radius 3 is 3.05 bits per heavy atom. The van der Waals surface area contributed by atoms with Gasteiger partial charge in [-0.3, -0.25) is 4.79 Å². The molecule has 5 nitrogen and oxygen atoms in total. The third-order valence-corrected chi connectivity index (χ3v) is 4.52. The van der Waals surface area contributed by atoms with E-state index in [4.69, 9.17) is 4.74 Å². The molecule has 2 fully saturated rings. The van der Waals surface area contributed by atoms with Crippen molar-refractivity contribution in [2.24, 2.45) is 11.8 Å². The van der Waals surface area contributed by atoms with E-state index in [-0.39, 0.29) is 18.5 Å². The fraction of sp³-hybridized carbons (Fsp3) is 0.929. The van der Waals surface area contributed by atoms with E-state index in [9.17, 15) is 9.90 Å². The van der Waals surface area contributed by atoms with Crippen molar-refractivity contribution in [2.75, 3.05) is 26.8 Å². The van der Waals surface area contributed by atoms with E-state index in [0.29, 0.717) is 24.9 Å². The van der Waals surface area contributed by atoms with Crippen molar-refractivity contribution >= 4 is 5.91 Å². The topological polar surface area (TPSA) is 70.6 Å². The van der Waals surface area contributed by atoms with E-state index < -0.39 is 5.60 Å². The molecule has 0 aromatic carbocycles. The number of methoxy groups -OCH3 is 1. The lowest BCUT2D eigenvalue weighted by molar-refractivity contribution is -0.125. The van der Waals surface area contributed by atoms with Crippen molar-refractivity contribution in [1.82, 2.24) is 10.6 Å². The summed E-state index contributed by atoms with van der Waals surface area (Å²) >= 11 is 0. The molecule has 1 aliphatic heterocycles. The number of carbonyl (C=O) groups is 1. The van der Waals surface area contributed by atoms with Crippen molar-refractivity contribution < 1.29 is 14.6 Å². The predicted molar refractivity (Wildman–Crippen MR) is 72.7 cm³/mol. The summed E-state index contributed by atoms with van der Waals surface area (Å²) in [5.74, 6) is 1.20. The fourth-order valence-electron chi connectivity index (χ4n) is 3.27. The van der Waals surface area contributed by atoms with E-state index in [1.54, 1.807) is 14.0 Å². The number of ether oxygens (including phenoxy) is 1. The first-order chi connectivity index (χ1) is 9.03. The Morgan fingerprint density at radius 1 is 1.53 bits per heavy atom. The molecule has 5 heteroatoms. The summed E-state index contributed by atoms with van der Waals surface area (Å²) in [6.07, 6.45) is 4.16. The molecule has 1 heterocycles. The van der Waals surface area contributed by atoms with Gasteiger partial charge in [0.15, 0.2) is 0 Å². The first kappa shape index (κ1) is 14.8. The van der Waals surface area contributed by atoms with Gasteiger partial charge < -0.3 is 20.5 Å². The highest BCUT2D eigenvalue weighted by molar-refractivity contribution is 5.82. The average molecular weight is 270 g/mol. The van der Waals surface area contributed by atoms with E-state index >= 15 is 0 Å². The van der Waals surface area contributed by atoms with Crippen LogP contribution in [-0.4, -0.2) is 49.5 Å². The van der Waals surface area contributed by atoms with Gasteiger partial charge in [0, 0.05) is 26.7 Å². The third kappa shape index (κ3) is 3.68. The van der Waals surface area contributed by atoms with Crippen LogP contribution in [0.5, 0.6) is 0 Å². The van der Waals surface area contributed by atoms with E-state index in [1.807, 2.05) is 0 Å².